The Labute approximate surface area is 151 Å². The van der Waals surface area contributed by atoms with Crippen LogP contribution >= 0.6 is 0 Å². The molecule has 5 nitrogen and oxygen atoms in total. The molecule has 2 amide bonds. The van der Waals surface area contributed by atoms with Gasteiger partial charge >= 0.3 is 12.0 Å². The summed E-state index contributed by atoms with van der Waals surface area (Å²) in [5.74, 6) is -1.04. The van der Waals surface area contributed by atoms with Gasteiger partial charge in [0.05, 0.1) is 11.6 Å². The minimum Gasteiger partial charge on any atom is -0.478 e. The van der Waals surface area contributed by atoms with E-state index < -0.39 is 12.0 Å². The van der Waals surface area contributed by atoms with E-state index in [-0.39, 0.29) is 11.6 Å². The molecule has 0 unspecified atom stereocenters. The second kappa shape index (κ2) is 7.98. The van der Waals surface area contributed by atoms with Crippen LogP contribution in [-0.4, -0.2) is 17.1 Å². The first kappa shape index (κ1) is 17.2. The van der Waals surface area contributed by atoms with Crippen LogP contribution in [0.1, 0.15) is 27.5 Å². The van der Waals surface area contributed by atoms with Gasteiger partial charge in [0, 0.05) is 5.69 Å². The zero-order chi connectivity index (χ0) is 18.4. The van der Waals surface area contributed by atoms with Crippen molar-refractivity contribution in [3.63, 3.8) is 0 Å². The highest BCUT2D eigenvalue weighted by Gasteiger charge is 2.16. The Morgan fingerprint density at radius 3 is 1.88 bits per heavy atom. The summed E-state index contributed by atoms with van der Waals surface area (Å²) >= 11 is 0. The van der Waals surface area contributed by atoms with Crippen molar-refractivity contribution in [1.29, 1.82) is 0 Å². The minimum atomic E-state index is -1.04. The third-order valence-corrected chi connectivity index (χ3v) is 3.91. The van der Waals surface area contributed by atoms with Crippen LogP contribution in [0.2, 0.25) is 0 Å². The van der Waals surface area contributed by atoms with E-state index in [0.717, 1.165) is 11.1 Å². The molecule has 3 aromatic carbocycles. The molecule has 3 rings (SSSR count). The zero-order valence-corrected chi connectivity index (χ0v) is 13.9. The van der Waals surface area contributed by atoms with Crippen LogP contribution in [0.25, 0.3) is 0 Å². The van der Waals surface area contributed by atoms with Crippen LogP contribution in [0, 0.1) is 0 Å². The van der Waals surface area contributed by atoms with E-state index in [1.54, 1.807) is 12.1 Å². The van der Waals surface area contributed by atoms with E-state index in [1.165, 1.54) is 12.1 Å². The van der Waals surface area contributed by atoms with Crippen molar-refractivity contribution in [2.75, 3.05) is 5.32 Å². The van der Waals surface area contributed by atoms with Crippen molar-refractivity contribution in [3.05, 3.63) is 102 Å². The highest BCUT2D eigenvalue weighted by Crippen LogP contribution is 2.22. The number of carboxylic acids is 1. The first-order valence-electron chi connectivity index (χ1n) is 8.14. The smallest absolute Gasteiger partial charge is 0.335 e. The molecule has 3 aromatic rings. The van der Waals surface area contributed by atoms with Gasteiger partial charge in [0.2, 0.25) is 0 Å². The third kappa shape index (κ3) is 4.27. The number of aromatic carboxylic acids is 1. The molecule has 0 aliphatic heterocycles. The van der Waals surface area contributed by atoms with Crippen molar-refractivity contribution in [3.8, 4) is 0 Å². The van der Waals surface area contributed by atoms with Crippen molar-refractivity contribution in [1.82, 2.24) is 5.32 Å². The van der Waals surface area contributed by atoms with Gasteiger partial charge in [-0.05, 0) is 29.3 Å². The Morgan fingerprint density at radius 1 is 0.769 bits per heavy atom. The van der Waals surface area contributed by atoms with E-state index in [2.05, 4.69) is 10.6 Å². The Balaban J connectivity index is 1.80. The fourth-order valence-corrected chi connectivity index (χ4v) is 2.68. The van der Waals surface area contributed by atoms with Crippen molar-refractivity contribution >= 4 is 17.7 Å². The maximum Gasteiger partial charge on any atom is 0.335 e. The fourth-order valence-electron chi connectivity index (χ4n) is 2.68. The lowest BCUT2D eigenvalue weighted by molar-refractivity contribution is 0.0697. The number of rotatable bonds is 5. The van der Waals surface area contributed by atoms with E-state index in [0.29, 0.717) is 5.69 Å². The second-order valence-electron chi connectivity index (χ2n) is 5.74. The minimum absolute atomic E-state index is 0.116. The van der Waals surface area contributed by atoms with Gasteiger partial charge in [-0.3, -0.25) is 0 Å². The molecule has 0 saturated carbocycles. The molecule has 0 bridgehead atoms. The average Bonchev–Trinajstić information content (AvgIpc) is 2.67. The molecule has 0 radical (unpaired) electrons. The highest BCUT2D eigenvalue weighted by atomic mass is 16.4. The monoisotopic (exact) mass is 346 g/mol. The number of nitrogens with one attached hydrogen (secondary N) is 2. The predicted octanol–water partition coefficient (Wildman–Crippen LogP) is 4.30. The Morgan fingerprint density at radius 2 is 1.35 bits per heavy atom. The van der Waals surface area contributed by atoms with Gasteiger partial charge < -0.3 is 15.7 Å². The summed E-state index contributed by atoms with van der Waals surface area (Å²) in [5.41, 5.74) is 2.44. The number of urea groups is 1. The molecule has 0 atom stereocenters. The quantitative estimate of drug-likeness (QED) is 0.645. The summed E-state index contributed by atoms with van der Waals surface area (Å²) in [4.78, 5) is 23.5. The summed E-state index contributed by atoms with van der Waals surface area (Å²) in [6.45, 7) is 0. The van der Waals surface area contributed by atoms with Gasteiger partial charge in [0.15, 0.2) is 0 Å². The number of anilines is 1. The number of amides is 2. The Bertz CT molecular complexity index is 856. The highest BCUT2D eigenvalue weighted by molar-refractivity contribution is 5.93. The SMILES string of the molecule is O=C(Nc1cccc(C(=O)O)c1)NC(c1ccccc1)c1ccccc1. The number of carbonyl (C=O) groups excluding carboxylic acids is 1. The number of carboxylic acid groups (broad SMARTS) is 1. The predicted molar refractivity (Wildman–Crippen MR) is 100 cm³/mol. The summed E-state index contributed by atoms with van der Waals surface area (Å²) in [5, 5.41) is 14.7. The van der Waals surface area contributed by atoms with Crippen LogP contribution < -0.4 is 10.6 Å². The van der Waals surface area contributed by atoms with E-state index in [1.807, 2.05) is 60.7 Å². The second-order valence-corrected chi connectivity index (χ2v) is 5.74. The van der Waals surface area contributed by atoms with Gasteiger partial charge in [0.25, 0.3) is 0 Å². The van der Waals surface area contributed by atoms with Crippen LogP contribution in [0.3, 0.4) is 0 Å². The average molecular weight is 346 g/mol. The largest absolute Gasteiger partial charge is 0.478 e. The fraction of sp³-hybridized carbons (Fsp3) is 0.0476. The van der Waals surface area contributed by atoms with Gasteiger partial charge in [-0.25, -0.2) is 9.59 Å². The van der Waals surface area contributed by atoms with Crippen LogP contribution in [0.4, 0.5) is 10.5 Å². The molecule has 0 heterocycles. The molecule has 0 aromatic heterocycles. The molecule has 0 spiro atoms. The molecular formula is C21H18N2O3. The summed E-state index contributed by atoms with van der Waals surface area (Å²) < 4.78 is 0. The molecular weight excluding hydrogens is 328 g/mol. The first-order chi connectivity index (χ1) is 12.6. The standard InChI is InChI=1S/C21H18N2O3/c24-20(25)17-12-7-13-18(14-17)22-21(26)23-19(15-8-3-1-4-9-15)16-10-5-2-6-11-16/h1-14,19H,(H,24,25)(H2,22,23,26). The molecule has 3 N–H and O–H groups in total. The summed E-state index contributed by atoms with van der Waals surface area (Å²) in [7, 11) is 0. The molecule has 5 heteroatoms. The van der Waals surface area contributed by atoms with Gasteiger partial charge in [0.1, 0.15) is 0 Å². The van der Waals surface area contributed by atoms with Crippen molar-refractivity contribution in [2.45, 2.75) is 6.04 Å². The van der Waals surface area contributed by atoms with E-state index >= 15 is 0 Å². The number of benzene rings is 3. The lowest BCUT2D eigenvalue weighted by atomic mass is 9.99. The molecule has 0 aliphatic carbocycles. The maximum absolute atomic E-state index is 12.5. The van der Waals surface area contributed by atoms with Crippen molar-refractivity contribution < 1.29 is 14.7 Å². The van der Waals surface area contributed by atoms with Crippen LogP contribution in [0.15, 0.2) is 84.9 Å². The Hall–Kier alpha value is -3.60. The van der Waals surface area contributed by atoms with Crippen LogP contribution in [-0.2, 0) is 0 Å². The summed E-state index contributed by atoms with van der Waals surface area (Å²) in [6.07, 6.45) is 0. The maximum atomic E-state index is 12.5. The third-order valence-electron chi connectivity index (χ3n) is 3.91. The number of hydrogen-bond donors (Lipinski definition) is 3. The summed E-state index contributed by atoms with van der Waals surface area (Å²) in [6, 6.07) is 24.7. The molecule has 130 valence electrons. The van der Waals surface area contributed by atoms with Gasteiger partial charge in [-0.2, -0.15) is 0 Å². The molecule has 0 saturated heterocycles. The topological polar surface area (TPSA) is 78.4 Å². The van der Waals surface area contributed by atoms with E-state index in [4.69, 9.17) is 5.11 Å². The molecule has 0 aliphatic rings. The molecule has 0 fully saturated rings. The van der Waals surface area contributed by atoms with Crippen molar-refractivity contribution in [2.24, 2.45) is 0 Å². The van der Waals surface area contributed by atoms with Gasteiger partial charge in [-0.1, -0.05) is 66.7 Å². The van der Waals surface area contributed by atoms with E-state index in [9.17, 15) is 9.59 Å². The first-order valence-corrected chi connectivity index (χ1v) is 8.14. The number of hydrogen-bond acceptors (Lipinski definition) is 2. The number of carbonyl (C=O) groups is 2. The zero-order valence-electron chi connectivity index (χ0n) is 13.9. The lowest BCUT2D eigenvalue weighted by Crippen LogP contribution is -2.33. The van der Waals surface area contributed by atoms with Gasteiger partial charge in [-0.15, -0.1) is 0 Å². The lowest BCUT2D eigenvalue weighted by Gasteiger charge is -2.20. The van der Waals surface area contributed by atoms with Crippen LogP contribution in [0.5, 0.6) is 0 Å². The molecule has 26 heavy (non-hydrogen) atoms. The normalized spacial score (nSPS) is 10.3. The Kier molecular flexibility index (Phi) is 5.29.